The predicted molar refractivity (Wildman–Crippen MR) is 85.5 cm³/mol. The molecule has 4 heteroatoms. The molecule has 1 amide bonds. The summed E-state index contributed by atoms with van der Waals surface area (Å²) in [5.74, 6) is 1.20. The number of nitrogens with one attached hydrogen (secondary N) is 1. The minimum atomic E-state index is -0.0763. The second-order valence-corrected chi connectivity index (χ2v) is 5.84. The van der Waals surface area contributed by atoms with E-state index in [0.29, 0.717) is 22.9 Å². The van der Waals surface area contributed by atoms with Crippen LogP contribution in [0.25, 0.3) is 0 Å². The first-order valence-corrected chi connectivity index (χ1v) is 7.90. The van der Waals surface area contributed by atoms with Crippen LogP contribution in [0, 0.1) is 5.92 Å². The van der Waals surface area contributed by atoms with E-state index >= 15 is 0 Å². The number of hydrogen-bond acceptors (Lipinski definition) is 3. The lowest BCUT2D eigenvalue weighted by Crippen LogP contribution is -2.40. The molecule has 0 spiro atoms. The molecule has 1 saturated carbocycles. The Bertz CT molecular complexity index is 482. The highest BCUT2D eigenvalue weighted by Crippen LogP contribution is 2.28. The van der Waals surface area contributed by atoms with Crippen LogP contribution in [0.4, 0.5) is 5.69 Å². The molecule has 0 aromatic heterocycles. The molecule has 0 heterocycles. The predicted octanol–water partition coefficient (Wildman–Crippen LogP) is 3.37. The molecule has 1 atom stereocenters. The van der Waals surface area contributed by atoms with Gasteiger partial charge in [0, 0.05) is 17.8 Å². The van der Waals surface area contributed by atoms with Crippen LogP contribution < -0.4 is 15.8 Å². The van der Waals surface area contributed by atoms with Gasteiger partial charge in [0.1, 0.15) is 5.75 Å². The average Bonchev–Trinajstić information content (AvgIpc) is 2.53. The normalized spacial score (nSPS) is 17.2. The monoisotopic (exact) mass is 290 g/mol. The van der Waals surface area contributed by atoms with Crippen molar-refractivity contribution in [3.8, 4) is 5.75 Å². The van der Waals surface area contributed by atoms with Crippen LogP contribution in [0.15, 0.2) is 18.2 Å². The summed E-state index contributed by atoms with van der Waals surface area (Å²) in [6, 6.07) is 5.44. The third kappa shape index (κ3) is 3.90. The summed E-state index contributed by atoms with van der Waals surface area (Å²) in [7, 11) is 1.59. The summed E-state index contributed by atoms with van der Waals surface area (Å²) in [6.07, 6.45) is 7.29. The molecule has 1 aromatic carbocycles. The standard InChI is InChI=1S/C17H26N2O2/c1-3-16(12-7-5-4-6-8-12)19-17(20)14-10-9-13(21-2)11-15(14)18/h9-12,16H,3-8,18H2,1-2H3,(H,19,20). The van der Waals surface area contributed by atoms with Gasteiger partial charge in [-0.1, -0.05) is 26.2 Å². The number of carbonyl (C=O) groups excluding carboxylic acids is 1. The molecule has 3 N–H and O–H groups in total. The number of anilines is 1. The Morgan fingerprint density at radius 3 is 2.67 bits per heavy atom. The van der Waals surface area contributed by atoms with Crippen LogP contribution in [-0.4, -0.2) is 19.1 Å². The van der Waals surface area contributed by atoms with E-state index in [4.69, 9.17) is 10.5 Å². The van der Waals surface area contributed by atoms with Crippen molar-refractivity contribution in [1.82, 2.24) is 5.32 Å². The molecule has 116 valence electrons. The SMILES string of the molecule is CCC(NC(=O)c1ccc(OC)cc1N)C1CCCCC1. The Hall–Kier alpha value is -1.71. The summed E-state index contributed by atoms with van der Waals surface area (Å²) < 4.78 is 5.12. The van der Waals surface area contributed by atoms with Crippen molar-refractivity contribution in [3.05, 3.63) is 23.8 Å². The van der Waals surface area contributed by atoms with Gasteiger partial charge in [0.05, 0.1) is 12.7 Å². The summed E-state index contributed by atoms with van der Waals surface area (Å²) in [5.41, 5.74) is 6.95. The Labute approximate surface area is 127 Å². The molecule has 4 nitrogen and oxygen atoms in total. The van der Waals surface area contributed by atoms with Gasteiger partial charge in [-0.05, 0) is 37.3 Å². The van der Waals surface area contributed by atoms with E-state index in [2.05, 4.69) is 12.2 Å². The number of amides is 1. The molecule has 1 aliphatic carbocycles. The molecule has 0 bridgehead atoms. The molecule has 1 unspecified atom stereocenters. The molecule has 0 saturated heterocycles. The van der Waals surface area contributed by atoms with Crippen molar-refractivity contribution in [1.29, 1.82) is 0 Å². The summed E-state index contributed by atoms with van der Waals surface area (Å²) >= 11 is 0. The fourth-order valence-electron chi connectivity index (χ4n) is 3.21. The van der Waals surface area contributed by atoms with E-state index in [1.807, 2.05) is 0 Å². The lowest BCUT2D eigenvalue weighted by atomic mass is 9.83. The van der Waals surface area contributed by atoms with Gasteiger partial charge in [0.25, 0.3) is 5.91 Å². The molecule has 1 fully saturated rings. The van der Waals surface area contributed by atoms with Gasteiger partial charge in [-0.2, -0.15) is 0 Å². The van der Waals surface area contributed by atoms with Crippen LogP contribution in [0.5, 0.6) is 5.75 Å². The number of carbonyl (C=O) groups is 1. The number of rotatable bonds is 5. The second kappa shape index (κ2) is 7.34. The van der Waals surface area contributed by atoms with Crippen molar-refractivity contribution in [2.24, 2.45) is 5.92 Å². The van der Waals surface area contributed by atoms with Crippen molar-refractivity contribution >= 4 is 11.6 Å². The van der Waals surface area contributed by atoms with Crippen LogP contribution >= 0.6 is 0 Å². The third-order valence-corrected chi connectivity index (χ3v) is 4.48. The quantitative estimate of drug-likeness (QED) is 0.817. The van der Waals surface area contributed by atoms with Gasteiger partial charge in [-0.25, -0.2) is 0 Å². The number of hydrogen-bond donors (Lipinski definition) is 2. The van der Waals surface area contributed by atoms with Crippen LogP contribution in [0.1, 0.15) is 55.8 Å². The largest absolute Gasteiger partial charge is 0.497 e. The average molecular weight is 290 g/mol. The highest BCUT2D eigenvalue weighted by Gasteiger charge is 2.24. The molecule has 2 rings (SSSR count). The molecule has 1 aromatic rings. The zero-order chi connectivity index (χ0) is 15.2. The first-order valence-electron chi connectivity index (χ1n) is 7.90. The molecule has 0 aliphatic heterocycles. The molecular weight excluding hydrogens is 264 g/mol. The highest BCUT2D eigenvalue weighted by molar-refractivity contribution is 5.99. The first-order chi connectivity index (χ1) is 10.2. The van der Waals surface area contributed by atoms with Gasteiger partial charge >= 0.3 is 0 Å². The Kier molecular flexibility index (Phi) is 5.48. The molecular formula is C17H26N2O2. The van der Waals surface area contributed by atoms with E-state index in [-0.39, 0.29) is 11.9 Å². The van der Waals surface area contributed by atoms with E-state index in [1.165, 1.54) is 32.1 Å². The van der Waals surface area contributed by atoms with Crippen molar-refractivity contribution < 1.29 is 9.53 Å². The maximum absolute atomic E-state index is 12.4. The van der Waals surface area contributed by atoms with E-state index < -0.39 is 0 Å². The van der Waals surface area contributed by atoms with Crippen molar-refractivity contribution in [2.75, 3.05) is 12.8 Å². The minimum absolute atomic E-state index is 0.0763. The van der Waals surface area contributed by atoms with E-state index in [0.717, 1.165) is 6.42 Å². The Morgan fingerprint density at radius 2 is 2.10 bits per heavy atom. The zero-order valence-corrected chi connectivity index (χ0v) is 13.0. The topological polar surface area (TPSA) is 64.3 Å². The van der Waals surface area contributed by atoms with Crippen LogP contribution in [0.2, 0.25) is 0 Å². The van der Waals surface area contributed by atoms with Gasteiger partial charge in [-0.3, -0.25) is 4.79 Å². The number of nitrogens with two attached hydrogens (primary N) is 1. The van der Waals surface area contributed by atoms with Gasteiger partial charge in [0.2, 0.25) is 0 Å². The van der Waals surface area contributed by atoms with Gasteiger partial charge in [-0.15, -0.1) is 0 Å². The number of ether oxygens (including phenoxy) is 1. The first kappa shape index (κ1) is 15.7. The summed E-state index contributed by atoms with van der Waals surface area (Å²) in [4.78, 5) is 12.4. The van der Waals surface area contributed by atoms with E-state index in [9.17, 15) is 4.79 Å². The lowest BCUT2D eigenvalue weighted by molar-refractivity contribution is 0.0912. The molecule has 0 radical (unpaired) electrons. The fraction of sp³-hybridized carbons (Fsp3) is 0.588. The number of nitrogen functional groups attached to an aromatic ring is 1. The van der Waals surface area contributed by atoms with E-state index in [1.54, 1.807) is 25.3 Å². The minimum Gasteiger partial charge on any atom is -0.497 e. The van der Waals surface area contributed by atoms with Crippen molar-refractivity contribution in [3.63, 3.8) is 0 Å². The highest BCUT2D eigenvalue weighted by atomic mass is 16.5. The van der Waals surface area contributed by atoms with Crippen molar-refractivity contribution in [2.45, 2.75) is 51.5 Å². The van der Waals surface area contributed by atoms with Crippen LogP contribution in [-0.2, 0) is 0 Å². The smallest absolute Gasteiger partial charge is 0.253 e. The Balaban J connectivity index is 2.05. The van der Waals surface area contributed by atoms with Gasteiger partial charge < -0.3 is 15.8 Å². The Morgan fingerprint density at radius 1 is 1.38 bits per heavy atom. The maximum Gasteiger partial charge on any atom is 0.253 e. The fourth-order valence-corrected chi connectivity index (χ4v) is 3.21. The zero-order valence-electron chi connectivity index (χ0n) is 13.0. The summed E-state index contributed by atoms with van der Waals surface area (Å²) in [6.45, 7) is 2.14. The second-order valence-electron chi connectivity index (χ2n) is 5.84. The summed E-state index contributed by atoms with van der Waals surface area (Å²) in [5, 5.41) is 3.17. The van der Waals surface area contributed by atoms with Gasteiger partial charge in [0.15, 0.2) is 0 Å². The lowest BCUT2D eigenvalue weighted by Gasteiger charge is -2.30. The third-order valence-electron chi connectivity index (χ3n) is 4.48. The van der Waals surface area contributed by atoms with Crippen LogP contribution in [0.3, 0.4) is 0 Å². The molecule has 21 heavy (non-hydrogen) atoms. The molecule has 1 aliphatic rings. The maximum atomic E-state index is 12.4. The number of benzene rings is 1. The number of methoxy groups -OCH3 is 1.